The Bertz CT molecular complexity index is 294. The lowest BCUT2D eigenvalue weighted by atomic mass is 9.84. The standard InChI is InChI=1S/C13H17N/c14-10-11-6-8-13(9-7-11)12-4-2-1-3-5-12/h6-10,12,14H,1-5H2. The summed E-state index contributed by atoms with van der Waals surface area (Å²) in [6.07, 6.45) is 8.29. The predicted molar refractivity (Wildman–Crippen MR) is 60.2 cm³/mol. The van der Waals surface area contributed by atoms with E-state index in [1.165, 1.54) is 43.9 Å². The van der Waals surface area contributed by atoms with Crippen molar-refractivity contribution < 1.29 is 0 Å². The first kappa shape index (κ1) is 9.45. The number of rotatable bonds is 2. The molecule has 0 atom stereocenters. The molecule has 14 heavy (non-hydrogen) atoms. The van der Waals surface area contributed by atoms with Crippen LogP contribution in [0.5, 0.6) is 0 Å². The van der Waals surface area contributed by atoms with Crippen molar-refractivity contribution in [2.45, 2.75) is 38.0 Å². The molecule has 0 heterocycles. The monoisotopic (exact) mass is 187 g/mol. The lowest BCUT2D eigenvalue weighted by Gasteiger charge is -2.21. The van der Waals surface area contributed by atoms with Gasteiger partial charge in [-0.2, -0.15) is 0 Å². The van der Waals surface area contributed by atoms with Crippen molar-refractivity contribution in [1.82, 2.24) is 0 Å². The molecule has 0 aromatic heterocycles. The summed E-state index contributed by atoms with van der Waals surface area (Å²) in [5.74, 6) is 0.781. The maximum absolute atomic E-state index is 7.13. The summed E-state index contributed by atoms with van der Waals surface area (Å²) in [5, 5.41) is 7.13. The van der Waals surface area contributed by atoms with Crippen molar-refractivity contribution in [2.75, 3.05) is 0 Å². The van der Waals surface area contributed by atoms with Gasteiger partial charge in [-0.1, -0.05) is 43.5 Å². The summed E-state index contributed by atoms with van der Waals surface area (Å²) < 4.78 is 0. The van der Waals surface area contributed by atoms with Gasteiger partial charge in [-0.05, 0) is 29.9 Å². The summed E-state index contributed by atoms with van der Waals surface area (Å²) in [6.45, 7) is 0. The highest BCUT2D eigenvalue weighted by atomic mass is 14.3. The molecule has 0 unspecified atom stereocenters. The van der Waals surface area contributed by atoms with E-state index in [9.17, 15) is 0 Å². The van der Waals surface area contributed by atoms with Gasteiger partial charge in [-0.3, -0.25) is 0 Å². The molecule has 0 saturated heterocycles. The van der Waals surface area contributed by atoms with Crippen LogP contribution in [-0.4, -0.2) is 6.21 Å². The highest BCUT2D eigenvalue weighted by molar-refractivity contribution is 5.76. The molecule has 1 nitrogen and oxygen atoms in total. The van der Waals surface area contributed by atoms with Gasteiger partial charge >= 0.3 is 0 Å². The molecule has 1 fully saturated rings. The van der Waals surface area contributed by atoms with E-state index < -0.39 is 0 Å². The Morgan fingerprint density at radius 3 is 2.21 bits per heavy atom. The predicted octanol–water partition coefficient (Wildman–Crippen LogP) is 3.73. The highest BCUT2D eigenvalue weighted by Gasteiger charge is 2.14. The average Bonchev–Trinajstić information content (AvgIpc) is 2.30. The zero-order chi connectivity index (χ0) is 9.80. The normalized spacial score (nSPS) is 18.0. The molecule has 1 aromatic carbocycles. The average molecular weight is 187 g/mol. The number of nitrogens with one attached hydrogen (secondary N) is 1. The first-order valence-corrected chi connectivity index (χ1v) is 5.50. The lowest BCUT2D eigenvalue weighted by molar-refractivity contribution is 0.443. The summed E-state index contributed by atoms with van der Waals surface area (Å²) in [7, 11) is 0. The Morgan fingerprint density at radius 1 is 1.00 bits per heavy atom. The van der Waals surface area contributed by atoms with Crippen molar-refractivity contribution in [2.24, 2.45) is 0 Å². The van der Waals surface area contributed by atoms with Crippen molar-refractivity contribution in [3.05, 3.63) is 35.4 Å². The first-order valence-electron chi connectivity index (χ1n) is 5.50. The van der Waals surface area contributed by atoms with Crippen LogP contribution >= 0.6 is 0 Å². The molecule has 1 aliphatic carbocycles. The van der Waals surface area contributed by atoms with Crippen molar-refractivity contribution >= 4 is 6.21 Å². The van der Waals surface area contributed by atoms with Crippen LogP contribution in [0.25, 0.3) is 0 Å². The third kappa shape index (κ3) is 2.03. The van der Waals surface area contributed by atoms with Gasteiger partial charge < -0.3 is 5.41 Å². The van der Waals surface area contributed by atoms with Crippen molar-refractivity contribution in [3.8, 4) is 0 Å². The van der Waals surface area contributed by atoms with Gasteiger partial charge in [0, 0.05) is 6.21 Å². The Morgan fingerprint density at radius 2 is 1.64 bits per heavy atom. The molecule has 0 aliphatic heterocycles. The number of hydrogen-bond acceptors (Lipinski definition) is 1. The molecule has 1 N–H and O–H groups in total. The molecule has 1 heteroatoms. The Kier molecular flexibility index (Phi) is 2.97. The third-order valence-electron chi connectivity index (χ3n) is 3.18. The van der Waals surface area contributed by atoms with E-state index in [1.54, 1.807) is 0 Å². The molecule has 2 rings (SSSR count). The zero-order valence-electron chi connectivity index (χ0n) is 8.50. The fraction of sp³-hybridized carbons (Fsp3) is 0.462. The van der Waals surface area contributed by atoms with Crippen molar-refractivity contribution in [1.29, 1.82) is 5.41 Å². The maximum Gasteiger partial charge on any atom is 0.0250 e. The van der Waals surface area contributed by atoms with Crippen LogP contribution in [0.1, 0.15) is 49.1 Å². The van der Waals surface area contributed by atoms with E-state index in [0.29, 0.717) is 0 Å². The molecule has 0 bridgehead atoms. The van der Waals surface area contributed by atoms with Crippen LogP contribution in [0, 0.1) is 5.41 Å². The summed E-state index contributed by atoms with van der Waals surface area (Å²) in [4.78, 5) is 0. The van der Waals surface area contributed by atoms with Gasteiger partial charge in [0.05, 0.1) is 0 Å². The van der Waals surface area contributed by atoms with Gasteiger partial charge in [0.2, 0.25) is 0 Å². The second-order valence-electron chi connectivity index (χ2n) is 4.15. The minimum absolute atomic E-state index is 0.781. The van der Waals surface area contributed by atoms with Crippen LogP contribution in [0.4, 0.5) is 0 Å². The van der Waals surface area contributed by atoms with Gasteiger partial charge in [-0.15, -0.1) is 0 Å². The van der Waals surface area contributed by atoms with Gasteiger partial charge in [-0.25, -0.2) is 0 Å². The second kappa shape index (κ2) is 4.41. The number of hydrogen-bond donors (Lipinski definition) is 1. The first-order chi connectivity index (χ1) is 6.90. The highest BCUT2D eigenvalue weighted by Crippen LogP contribution is 2.32. The number of benzene rings is 1. The van der Waals surface area contributed by atoms with Crippen LogP contribution in [-0.2, 0) is 0 Å². The Balaban J connectivity index is 2.11. The summed E-state index contributed by atoms with van der Waals surface area (Å²) >= 11 is 0. The van der Waals surface area contributed by atoms with Crippen LogP contribution in [0.2, 0.25) is 0 Å². The minimum Gasteiger partial charge on any atom is -0.308 e. The van der Waals surface area contributed by atoms with Gasteiger partial charge in [0.25, 0.3) is 0 Å². The SMILES string of the molecule is N=Cc1ccc(C2CCCCC2)cc1. The largest absolute Gasteiger partial charge is 0.308 e. The molecule has 74 valence electrons. The van der Waals surface area contributed by atoms with E-state index >= 15 is 0 Å². The van der Waals surface area contributed by atoms with Crippen molar-refractivity contribution in [3.63, 3.8) is 0 Å². The fourth-order valence-corrected chi connectivity index (χ4v) is 2.30. The minimum atomic E-state index is 0.781. The van der Waals surface area contributed by atoms with Gasteiger partial charge in [0.15, 0.2) is 0 Å². The van der Waals surface area contributed by atoms with Crippen LogP contribution in [0.3, 0.4) is 0 Å². The molecule has 1 aliphatic rings. The Labute approximate surface area is 85.7 Å². The second-order valence-corrected chi connectivity index (χ2v) is 4.15. The van der Waals surface area contributed by atoms with E-state index in [4.69, 9.17) is 5.41 Å². The molecule has 0 spiro atoms. The molecule has 0 amide bonds. The Hall–Kier alpha value is -1.11. The van der Waals surface area contributed by atoms with E-state index in [1.807, 2.05) is 0 Å². The maximum atomic E-state index is 7.13. The van der Waals surface area contributed by atoms with E-state index in [-0.39, 0.29) is 0 Å². The molecule has 1 aromatic rings. The van der Waals surface area contributed by atoms with Crippen LogP contribution in [0.15, 0.2) is 24.3 Å². The summed E-state index contributed by atoms with van der Waals surface area (Å²) in [5.41, 5.74) is 2.47. The third-order valence-corrected chi connectivity index (χ3v) is 3.18. The molecular formula is C13H17N. The summed E-state index contributed by atoms with van der Waals surface area (Å²) in [6, 6.07) is 8.49. The van der Waals surface area contributed by atoms with Crippen LogP contribution < -0.4 is 0 Å². The fourth-order valence-electron chi connectivity index (χ4n) is 2.30. The topological polar surface area (TPSA) is 23.9 Å². The van der Waals surface area contributed by atoms with E-state index in [2.05, 4.69) is 24.3 Å². The van der Waals surface area contributed by atoms with Gasteiger partial charge in [0.1, 0.15) is 0 Å². The molecule has 1 saturated carbocycles. The molecule has 0 radical (unpaired) electrons. The quantitative estimate of drug-likeness (QED) is 0.682. The zero-order valence-corrected chi connectivity index (χ0v) is 8.50. The molecular weight excluding hydrogens is 170 g/mol. The lowest BCUT2D eigenvalue weighted by Crippen LogP contribution is -2.04. The van der Waals surface area contributed by atoms with E-state index in [0.717, 1.165) is 11.5 Å². The smallest absolute Gasteiger partial charge is 0.0250 e.